The van der Waals surface area contributed by atoms with Gasteiger partial charge >= 0.3 is 0 Å². The summed E-state index contributed by atoms with van der Waals surface area (Å²) >= 11 is 0. The van der Waals surface area contributed by atoms with Crippen LogP contribution in [0.3, 0.4) is 0 Å². The first-order valence-electron chi connectivity index (χ1n) is 7.33. The second-order valence-corrected chi connectivity index (χ2v) is 4.99. The Morgan fingerprint density at radius 2 is 2.25 bits per heavy atom. The van der Waals surface area contributed by atoms with Crippen LogP contribution in [0.1, 0.15) is 25.0 Å². The van der Waals surface area contributed by atoms with Gasteiger partial charge in [-0.2, -0.15) is 0 Å². The van der Waals surface area contributed by atoms with Crippen LogP contribution in [0.15, 0.2) is 24.4 Å². The average Bonchev–Trinajstić information content (AvgIpc) is 2.52. The van der Waals surface area contributed by atoms with Gasteiger partial charge in [-0.05, 0) is 44.5 Å². The van der Waals surface area contributed by atoms with Crippen LogP contribution in [-0.2, 0) is 16.0 Å². The lowest BCUT2D eigenvalue weighted by Crippen LogP contribution is -2.34. The lowest BCUT2D eigenvalue weighted by Gasteiger charge is -2.22. The van der Waals surface area contributed by atoms with Crippen molar-refractivity contribution in [3.63, 3.8) is 0 Å². The highest BCUT2D eigenvalue weighted by atomic mass is 16.5. The summed E-state index contributed by atoms with van der Waals surface area (Å²) < 4.78 is 5.73. The van der Waals surface area contributed by atoms with E-state index in [9.17, 15) is 4.79 Å². The van der Waals surface area contributed by atoms with Crippen LogP contribution >= 0.6 is 0 Å². The van der Waals surface area contributed by atoms with Crippen LogP contribution in [-0.4, -0.2) is 43.2 Å². The smallest absolute Gasteiger partial charge is 0.220 e. The molecular formula is C15H23N3O2. The van der Waals surface area contributed by atoms with E-state index < -0.39 is 0 Å². The Labute approximate surface area is 120 Å². The number of hydrogen-bond acceptors (Lipinski definition) is 4. The molecule has 0 spiro atoms. The minimum atomic E-state index is 0.0598. The quantitative estimate of drug-likeness (QED) is 0.727. The van der Waals surface area contributed by atoms with Crippen molar-refractivity contribution in [2.24, 2.45) is 0 Å². The molecule has 1 saturated heterocycles. The molecular weight excluding hydrogens is 254 g/mol. The van der Waals surface area contributed by atoms with Crippen LogP contribution < -0.4 is 10.6 Å². The first-order chi connectivity index (χ1) is 9.84. The molecule has 5 nitrogen and oxygen atoms in total. The normalized spacial score (nSPS) is 16.0. The van der Waals surface area contributed by atoms with Gasteiger partial charge in [-0.1, -0.05) is 6.07 Å². The Hall–Kier alpha value is -1.46. The second-order valence-electron chi connectivity index (χ2n) is 4.99. The maximum Gasteiger partial charge on any atom is 0.220 e. The molecule has 1 aliphatic heterocycles. The van der Waals surface area contributed by atoms with E-state index in [1.807, 2.05) is 18.2 Å². The fourth-order valence-corrected chi connectivity index (χ4v) is 2.25. The maximum atomic E-state index is 11.7. The number of nitrogens with zero attached hydrogens (tertiary/aromatic N) is 1. The molecule has 2 heterocycles. The molecule has 0 bridgehead atoms. The summed E-state index contributed by atoms with van der Waals surface area (Å²) in [7, 11) is 0. The topological polar surface area (TPSA) is 63.2 Å². The number of aryl methyl sites for hydroxylation is 1. The molecule has 0 radical (unpaired) electrons. The molecule has 0 aromatic carbocycles. The summed E-state index contributed by atoms with van der Waals surface area (Å²) in [6.45, 7) is 3.24. The van der Waals surface area contributed by atoms with Gasteiger partial charge in [0.15, 0.2) is 0 Å². The van der Waals surface area contributed by atoms with Gasteiger partial charge in [0.2, 0.25) is 5.91 Å². The third-order valence-electron chi connectivity index (χ3n) is 3.40. The number of ether oxygens (including phenoxy) is 1. The van der Waals surface area contributed by atoms with Gasteiger partial charge in [0.25, 0.3) is 0 Å². The van der Waals surface area contributed by atoms with Crippen molar-refractivity contribution in [3.8, 4) is 0 Å². The van der Waals surface area contributed by atoms with Gasteiger partial charge in [-0.15, -0.1) is 0 Å². The Kier molecular flexibility index (Phi) is 6.47. The standard InChI is InChI=1S/C15H23N3O2/c19-15(5-4-13-3-1-2-8-17-13)18-11-12-20-14-6-9-16-10-7-14/h1-3,8,14,16H,4-7,9-12H2,(H,18,19). The summed E-state index contributed by atoms with van der Waals surface area (Å²) in [6, 6.07) is 5.75. The van der Waals surface area contributed by atoms with Crippen LogP contribution in [0, 0.1) is 0 Å². The lowest BCUT2D eigenvalue weighted by atomic mass is 10.1. The summed E-state index contributed by atoms with van der Waals surface area (Å²) in [6.07, 6.45) is 5.38. The van der Waals surface area contributed by atoms with Crippen molar-refractivity contribution < 1.29 is 9.53 Å². The maximum absolute atomic E-state index is 11.7. The molecule has 1 aromatic rings. The Morgan fingerprint density at radius 3 is 3.00 bits per heavy atom. The lowest BCUT2D eigenvalue weighted by molar-refractivity contribution is -0.121. The molecule has 2 N–H and O–H groups in total. The number of rotatable bonds is 7. The van der Waals surface area contributed by atoms with E-state index in [-0.39, 0.29) is 5.91 Å². The van der Waals surface area contributed by atoms with Gasteiger partial charge in [0.05, 0.1) is 12.7 Å². The molecule has 1 aromatic heterocycles. The highest BCUT2D eigenvalue weighted by molar-refractivity contribution is 5.76. The first-order valence-corrected chi connectivity index (χ1v) is 7.33. The largest absolute Gasteiger partial charge is 0.376 e. The highest BCUT2D eigenvalue weighted by Crippen LogP contribution is 2.06. The van der Waals surface area contributed by atoms with E-state index in [0.717, 1.165) is 31.6 Å². The van der Waals surface area contributed by atoms with Crippen molar-refractivity contribution in [2.75, 3.05) is 26.2 Å². The first kappa shape index (κ1) is 14.9. The molecule has 0 unspecified atom stereocenters. The summed E-state index contributed by atoms with van der Waals surface area (Å²) in [5.41, 5.74) is 0.952. The SMILES string of the molecule is O=C(CCc1ccccn1)NCCOC1CCNCC1. The van der Waals surface area contributed by atoms with Crippen LogP contribution in [0.25, 0.3) is 0 Å². The van der Waals surface area contributed by atoms with Crippen LogP contribution in [0.4, 0.5) is 0 Å². The fraction of sp³-hybridized carbons (Fsp3) is 0.600. The number of nitrogens with one attached hydrogen (secondary N) is 2. The second kappa shape index (κ2) is 8.66. The predicted octanol–water partition coefficient (Wildman–Crippen LogP) is 0.899. The molecule has 1 fully saturated rings. The molecule has 110 valence electrons. The highest BCUT2D eigenvalue weighted by Gasteiger charge is 2.12. The molecule has 0 aliphatic carbocycles. The molecule has 1 amide bonds. The van der Waals surface area contributed by atoms with Gasteiger partial charge in [-0.25, -0.2) is 0 Å². The third-order valence-corrected chi connectivity index (χ3v) is 3.40. The Bertz CT molecular complexity index is 391. The number of pyridine rings is 1. The van der Waals surface area contributed by atoms with Gasteiger partial charge < -0.3 is 15.4 Å². The summed E-state index contributed by atoms with van der Waals surface area (Å²) in [4.78, 5) is 15.9. The number of aromatic nitrogens is 1. The number of amides is 1. The number of carbonyl (C=O) groups excluding carboxylic acids is 1. The molecule has 0 saturated carbocycles. The molecule has 20 heavy (non-hydrogen) atoms. The van der Waals surface area contributed by atoms with Gasteiger partial charge in [0.1, 0.15) is 0 Å². The molecule has 5 heteroatoms. The summed E-state index contributed by atoms with van der Waals surface area (Å²) in [5.74, 6) is 0.0598. The monoisotopic (exact) mass is 277 g/mol. The van der Waals surface area contributed by atoms with Gasteiger partial charge in [0, 0.05) is 24.9 Å². The van der Waals surface area contributed by atoms with E-state index in [0.29, 0.717) is 32.1 Å². The van der Waals surface area contributed by atoms with E-state index in [2.05, 4.69) is 15.6 Å². The van der Waals surface area contributed by atoms with Crippen molar-refractivity contribution >= 4 is 5.91 Å². The minimum Gasteiger partial charge on any atom is -0.376 e. The Balaban J connectivity index is 1.51. The third kappa shape index (κ3) is 5.67. The minimum absolute atomic E-state index is 0.0598. The van der Waals surface area contributed by atoms with Crippen molar-refractivity contribution in [1.29, 1.82) is 0 Å². The number of hydrogen-bond donors (Lipinski definition) is 2. The van der Waals surface area contributed by atoms with Gasteiger partial charge in [-0.3, -0.25) is 9.78 Å². The zero-order chi connectivity index (χ0) is 14.0. The molecule has 2 rings (SSSR count). The zero-order valence-corrected chi connectivity index (χ0v) is 11.8. The fourth-order valence-electron chi connectivity index (χ4n) is 2.25. The van der Waals surface area contributed by atoms with Crippen molar-refractivity contribution in [3.05, 3.63) is 30.1 Å². The number of carbonyl (C=O) groups is 1. The summed E-state index contributed by atoms with van der Waals surface area (Å²) in [5, 5.41) is 6.19. The van der Waals surface area contributed by atoms with E-state index >= 15 is 0 Å². The van der Waals surface area contributed by atoms with E-state index in [4.69, 9.17) is 4.74 Å². The Morgan fingerprint density at radius 1 is 1.40 bits per heavy atom. The van der Waals surface area contributed by atoms with Crippen LogP contribution in [0.2, 0.25) is 0 Å². The molecule has 1 aliphatic rings. The average molecular weight is 277 g/mol. The predicted molar refractivity (Wildman–Crippen MR) is 77.4 cm³/mol. The zero-order valence-electron chi connectivity index (χ0n) is 11.8. The van der Waals surface area contributed by atoms with E-state index in [1.165, 1.54) is 0 Å². The molecule has 0 atom stereocenters. The van der Waals surface area contributed by atoms with Crippen LogP contribution in [0.5, 0.6) is 0 Å². The van der Waals surface area contributed by atoms with Crippen molar-refractivity contribution in [2.45, 2.75) is 31.8 Å². The van der Waals surface area contributed by atoms with E-state index in [1.54, 1.807) is 6.20 Å². The number of piperidine rings is 1. The van der Waals surface area contributed by atoms with Crippen molar-refractivity contribution in [1.82, 2.24) is 15.6 Å².